The van der Waals surface area contributed by atoms with Gasteiger partial charge in [-0.05, 0) is 26.7 Å². The summed E-state index contributed by atoms with van der Waals surface area (Å²) in [5, 5.41) is 9.60. The highest BCUT2D eigenvalue weighted by Gasteiger charge is 2.32. The summed E-state index contributed by atoms with van der Waals surface area (Å²) in [5.74, 6) is 0.0162. The van der Waals surface area contributed by atoms with E-state index in [4.69, 9.17) is 0 Å². The Kier molecular flexibility index (Phi) is 3.24. The number of hydrogen-bond donors (Lipinski definition) is 1. The van der Waals surface area contributed by atoms with E-state index in [-0.39, 0.29) is 17.6 Å². The Morgan fingerprint density at radius 2 is 1.73 bits per heavy atom. The molecule has 2 heteroatoms. The first kappa shape index (κ1) is 10.6. The topological polar surface area (TPSA) is 37.3 Å². The minimum atomic E-state index is -0.889. The molecule has 0 aliphatic rings. The van der Waals surface area contributed by atoms with Crippen LogP contribution in [0.25, 0.3) is 0 Å². The van der Waals surface area contributed by atoms with Crippen LogP contribution in [0.15, 0.2) is 0 Å². The van der Waals surface area contributed by atoms with Crippen molar-refractivity contribution in [3.63, 3.8) is 0 Å². The summed E-state index contributed by atoms with van der Waals surface area (Å²) >= 11 is 0. The smallest absolute Gasteiger partial charge is 0.136 e. The quantitative estimate of drug-likeness (QED) is 0.677. The SMILES string of the molecule is CC(=O)C(C(C)C)C(C)(C)O. The molecule has 2 nitrogen and oxygen atoms in total. The number of aliphatic hydroxyl groups is 1. The van der Waals surface area contributed by atoms with Gasteiger partial charge in [0, 0.05) is 5.92 Å². The molecule has 11 heavy (non-hydrogen) atoms. The standard InChI is InChI=1S/C9H18O2/c1-6(2)8(7(3)10)9(4,5)11/h6,8,11H,1-5H3. The second-order valence-electron chi connectivity index (χ2n) is 3.99. The number of hydrogen-bond acceptors (Lipinski definition) is 2. The summed E-state index contributed by atoms with van der Waals surface area (Å²) in [6.45, 7) is 8.79. The fourth-order valence-corrected chi connectivity index (χ4v) is 1.78. The minimum Gasteiger partial charge on any atom is -0.390 e. The molecule has 0 radical (unpaired) electrons. The van der Waals surface area contributed by atoms with Gasteiger partial charge in [0.15, 0.2) is 0 Å². The lowest BCUT2D eigenvalue weighted by atomic mass is 9.79. The van der Waals surface area contributed by atoms with Gasteiger partial charge in [0.05, 0.1) is 5.60 Å². The Balaban J connectivity index is 4.49. The van der Waals surface area contributed by atoms with Gasteiger partial charge in [-0.2, -0.15) is 0 Å². The second-order valence-corrected chi connectivity index (χ2v) is 3.99. The average Bonchev–Trinajstić information content (AvgIpc) is 1.54. The molecular formula is C9H18O2. The molecule has 1 atom stereocenters. The van der Waals surface area contributed by atoms with Gasteiger partial charge in [-0.3, -0.25) is 4.79 Å². The van der Waals surface area contributed by atoms with Crippen molar-refractivity contribution in [2.24, 2.45) is 11.8 Å². The highest BCUT2D eigenvalue weighted by molar-refractivity contribution is 5.79. The van der Waals surface area contributed by atoms with E-state index in [2.05, 4.69) is 0 Å². The van der Waals surface area contributed by atoms with Crippen LogP contribution in [0.3, 0.4) is 0 Å². The molecule has 0 aliphatic heterocycles. The van der Waals surface area contributed by atoms with Crippen LogP contribution in [0, 0.1) is 11.8 Å². The van der Waals surface area contributed by atoms with Gasteiger partial charge >= 0.3 is 0 Å². The van der Waals surface area contributed by atoms with Crippen molar-refractivity contribution in [1.29, 1.82) is 0 Å². The predicted octanol–water partition coefficient (Wildman–Crippen LogP) is 1.62. The third kappa shape index (κ3) is 3.02. The lowest BCUT2D eigenvalue weighted by molar-refractivity contribution is -0.130. The maximum atomic E-state index is 11.1. The first-order valence-corrected chi connectivity index (χ1v) is 3.99. The summed E-state index contributed by atoms with van der Waals surface area (Å²) in [6.07, 6.45) is 0. The maximum Gasteiger partial charge on any atom is 0.136 e. The fraction of sp³-hybridized carbons (Fsp3) is 0.889. The van der Waals surface area contributed by atoms with Crippen molar-refractivity contribution in [2.45, 2.75) is 40.2 Å². The number of Topliss-reactive ketones (excluding diaryl/α,β-unsaturated/α-hetero) is 1. The predicted molar refractivity (Wildman–Crippen MR) is 45.3 cm³/mol. The van der Waals surface area contributed by atoms with Crippen molar-refractivity contribution in [1.82, 2.24) is 0 Å². The Labute approximate surface area is 68.6 Å². The van der Waals surface area contributed by atoms with E-state index in [1.807, 2.05) is 13.8 Å². The molecule has 0 heterocycles. The molecule has 1 unspecified atom stereocenters. The molecule has 0 fully saturated rings. The van der Waals surface area contributed by atoms with Crippen LogP contribution < -0.4 is 0 Å². The number of carbonyl (C=O) groups is 1. The highest BCUT2D eigenvalue weighted by atomic mass is 16.3. The molecule has 0 rings (SSSR count). The Bertz CT molecular complexity index is 142. The second kappa shape index (κ2) is 3.35. The van der Waals surface area contributed by atoms with Crippen LogP contribution in [-0.2, 0) is 4.79 Å². The van der Waals surface area contributed by atoms with E-state index in [9.17, 15) is 9.90 Å². The lowest BCUT2D eigenvalue weighted by Crippen LogP contribution is -2.39. The molecule has 0 aliphatic carbocycles. The van der Waals surface area contributed by atoms with Crippen molar-refractivity contribution in [3.05, 3.63) is 0 Å². The van der Waals surface area contributed by atoms with Crippen molar-refractivity contribution in [2.75, 3.05) is 0 Å². The van der Waals surface area contributed by atoms with Gasteiger partial charge < -0.3 is 5.11 Å². The molecule has 0 aromatic rings. The minimum absolute atomic E-state index is 0.0625. The molecule has 0 aromatic carbocycles. The van der Waals surface area contributed by atoms with Crippen molar-refractivity contribution in [3.8, 4) is 0 Å². The summed E-state index contributed by atoms with van der Waals surface area (Å²) < 4.78 is 0. The van der Waals surface area contributed by atoms with Gasteiger partial charge in [0.25, 0.3) is 0 Å². The van der Waals surface area contributed by atoms with E-state index in [0.717, 1.165) is 0 Å². The molecule has 0 saturated heterocycles. The van der Waals surface area contributed by atoms with E-state index < -0.39 is 5.60 Å². The molecule has 1 N–H and O–H groups in total. The number of carbonyl (C=O) groups excluding carboxylic acids is 1. The fourth-order valence-electron chi connectivity index (χ4n) is 1.78. The Morgan fingerprint density at radius 1 is 1.36 bits per heavy atom. The van der Waals surface area contributed by atoms with Crippen LogP contribution >= 0.6 is 0 Å². The molecule has 0 spiro atoms. The van der Waals surface area contributed by atoms with Crippen molar-refractivity contribution >= 4 is 5.78 Å². The van der Waals surface area contributed by atoms with Gasteiger partial charge in [-0.25, -0.2) is 0 Å². The molecule has 0 saturated carbocycles. The molecule has 0 bridgehead atoms. The van der Waals surface area contributed by atoms with Crippen molar-refractivity contribution < 1.29 is 9.90 Å². The third-order valence-corrected chi connectivity index (χ3v) is 1.87. The zero-order valence-electron chi connectivity index (χ0n) is 8.01. The third-order valence-electron chi connectivity index (χ3n) is 1.87. The van der Waals surface area contributed by atoms with Crippen LogP contribution in [0.5, 0.6) is 0 Å². The normalized spacial score (nSPS) is 15.2. The molecule has 66 valence electrons. The van der Waals surface area contributed by atoms with E-state index >= 15 is 0 Å². The molecular weight excluding hydrogens is 140 g/mol. The summed E-state index contributed by atoms with van der Waals surface area (Å²) in [4.78, 5) is 11.1. The van der Waals surface area contributed by atoms with Gasteiger partial charge in [0.2, 0.25) is 0 Å². The van der Waals surface area contributed by atoms with E-state index in [1.54, 1.807) is 13.8 Å². The highest BCUT2D eigenvalue weighted by Crippen LogP contribution is 2.24. The van der Waals surface area contributed by atoms with E-state index in [1.165, 1.54) is 6.92 Å². The zero-order valence-corrected chi connectivity index (χ0v) is 8.01. The number of ketones is 1. The van der Waals surface area contributed by atoms with Gasteiger partial charge in [-0.15, -0.1) is 0 Å². The van der Waals surface area contributed by atoms with Gasteiger partial charge in [-0.1, -0.05) is 13.8 Å². The monoisotopic (exact) mass is 158 g/mol. The van der Waals surface area contributed by atoms with Gasteiger partial charge in [0.1, 0.15) is 5.78 Å². The lowest BCUT2D eigenvalue weighted by Gasteiger charge is -2.30. The zero-order chi connectivity index (χ0) is 9.23. The first-order valence-electron chi connectivity index (χ1n) is 3.99. The first-order chi connectivity index (χ1) is 4.76. The van der Waals surface area contributed by atoms with Crippen LogP contribution in [0.1, 0.15) is 34.6 Å². The summed E-state index contributed by atoms with van der Waals surface area (Å²) in [5.41, 5.74) is -0.889. The summed E-state index contributed by atoms with van der Waals surface area (Å²) in [6, 6.07) is 0. The van der Waals surface area contributed by atoms with Crippen LogP contribution in [0.2, 0.25) is 0 Å². The van der Waals surface area contributed by atoms with Crippen LogP contribution in [0.4, 0.5) is 0 Å². The maximum absolute atomic E-state index is 11.1. The molecule has 0 aromatic heterocycles. The average molecular weight is 158 g/mol. The Hall–Kier alpha value is -0.370. The van der Waals surface area contributed by atoms with E-state index in [0.29, 0.717) is 0 Å². The molecule has 0 amide bonds. The van der Waals surface area contributed by atoms with Crippen LogP contribution in [-0.4, -0.2) is 16.5 Å². The largest absolute Gasteiger partial charge is 0.390 e. The Morgan fingerprint density at radius 3 is 1.73 bits per heavy atom. The number of rotatable bonds is 3. The summed E-state index contributed by atoms with van der Waals surface area (Å²) in [7, 11) is 0.